The summed E-state index contributed by atoms with van der Waals surface area (Å²) in [6, 6.07) is 10.5. The van der Waals surface area contributed by atoms with Gasteiger partial charge in [-0.15, -0.1) is 10.2 Å². The van der Waals surface area contributed by atoms with Crippen LogP contribution in [0.4, 0.5) is 17.3 Å². The van der Waals surface area contributed by atoms with E-state index in [4.69, 9.17) is 0 Å². The molecule has 0 atom stereocenters. The van der Waals surface area contributed by atoms with Gasteiger partial charge < -0.3 is 10.6 Å². The highest BCUT2D eigenvalue weighted by atomic mass is 16.2. The van der Waals surface area contributed by atoms with Gasteiger partial charge in [0.2, 0.25) is 5.91 Å². The second-order valence-electron chi connectivity index (χ2n) is 6.27. The summed E-state index contributed by atoms with van der Waals surface area (Å²) in [5.74, 6) is 0.861. The molecule has 2 rings (SSSR count). The Morgan fingerprint density at radius 2 is 1.48 bits per heavy atom. The fourth-order valence-electron chi connectivity index (χ4n) is 1.71. The van der Waals surface area contributed by atoms with E-state index in [1.807, 2.05) is 20.8 Å². The van der Waals surface area contributed by atoms with E-state index >= 15 is 0 Å². The van der Waals surface area contributed by atoms with Crippen LogP contribution in [0.3, 0.4) is 0 Å². The zero-order chi connectivity index (χ0) is 17.0. The predicted octanol–water partition coefficient (Wildman–Crippen LogP) is 3.41. The molecule has 0 saturated carbocycles. The maximum Gasteiger partial charge on any atom is 0.230 e. The summed E-state index contributed by atoms with van der Waals surface area (Å²) in [5.41, 5.74) is 0.967. The first kappa shape index (κ1) is 16.6. The van der Waals surface area contributed by atoms with Crippen LogP contribution < -0.4 is 10.6 Å². The molecule has 0 aliphatic heterocycles. The molecule has 2 aromatic rings. The van der Waals surface area contributed by atoms with E-state index in [-0.39, 0.29) is 11.7 Å². The van der Waals surface area contributed by atoms with Crippen LogP contribution in [0.15, 0.2) is 36.4 Å². The molecule has 1 amide bonds. The number of aromatic nitrogens is 2. The molecule has 0 aliphatic rings. The fraction of sp³-hybridized carbons (Fsp3) is 0.294. The smallest absolute Gasteiger partial charge is 0.230 e. The Morgan fingerprint density at radius 3 is 1.96 bits per heavy atom. The molecular formula is C17H20N4O2. The van der Waals surface area contributed by atoms with Crippen LogP contribution in [0, 0.1) is 5.41 Å². The van der Waals surface area contributed by atoms with Crippen LogP contribution in [-0.4, -0.2) is 21.9 Å². The lowest BCUT2D eigenvalue weighted by Crippen LogP contribution is -2.28. The molecular weight excluding hydrogens is 292 g/mol. The number of amides is 1. The van der Waals surface area contributed by atoms with E-state index < -0.39 is 5.41 Å². The highest BCUT2D eigenvalue weighted by Crippen LogP contribution is 2.18. The van der Waals surface area contributed by atoms with Gasteiger partial charge in [0.25, 0.3) is 0 Å². The molecule has 1 aromatic carbocycles. The van der Waals surface area contributed by atoms with Crippen LogP contribution >= 0.6 is 0 Å². The molecule has 2 N–H and O–H groups in total. The number of nitrogens with one attached hydrogen (secondary N) is 2. The predicted molar refractivity (Wildman–Crippen MR) is 89.8 cm³/mol. The van der Waals surface area contributed by atoms with Crippen LogP contribution in [0.1, 0.15) is 38.1 Å². The molecule has 120 valence electrons. The highest BCUT2D eigenvalue weighted by Gasteiger charge is 2.21. The number of rotatable bonds is 4. The Morgan fingerprint density at radius 1 is 0.913 bits per heavy atom. The van der Waals surface area contributed by atoms with E-state index in [9.17, 15) is 9.59 Å². The van der Waals surface area contributed by atoms with Crippen molar-refractivity contribution in [3.63, 3.8) is 0 Å². The van der Waals surface area contributed by atoms with Crippen LogP contribution in [0.5, 0.6) is 0 Å². The average molecular weight is 312 g/mol. The molecule has 0 radical (unpaired) electrons. The summed E-state index contributed by atoms with van der Waals surface area (Å²) < 4.78 is 0. The molecule has 0 saturated heterocycles. The molecule has 6 heteroatoms. The number of ketones is 1. The van der Waals surface area contributed by atoms with Gasteiger partial charge in [-0.2, -0.15) is 0 Å². The number of hydrogen-bond acceptors (Lipinski definition) is 5. The molecule has 0 bridgehead atoms. The van der Waals surface area contributed by atoms with Gasteiger partial charge in [-0.3, -0.25) is 9.59 Å². The normalized spacial score (nSPS) is 11.0. The van der Waals surface area contributed by atoms with Gasteiger partial charge in [0.15, 0.2) is 17.4 Å². The summed E-state index contributed by atoms with van der Waals surface area (Å²) in [6.07, 6.45) is 0. The number of carbonyl (C=O) groups excluding carboxylic acids is 2. The third kappa shape index (κ3) is 4.60. The maximum absolute atomic E-state index is 11.9. The second kappa shape index (κ2) is 6.56. The minimum Gasteiger partial charge on any atom is -0.339 e. The van der Waals surface area contributed by atoms with Crippen LogP contribution in [0.2, 0.25) is 0 Å². The lowest BCUT2D eigenvalue weighted by Gasteiger charge is -2.16. The first-order valence-corrected chi connectivity index (χ1v) is 7.29. The van der Waals surface area contributed by atoms with E-state index in [0.29, 0.717) is 17.2 Å². The number of carbonyl (C=O) groups is 2. The van der Waals surface area contributed by atoms with Crippen molar-refractivity contribution in [2.24, 2.45) is 5.41 Å². The van der Waals surface area contributed by atoms with Gasteiger partial charge in [-0.05, 0) is 43.3 Å². The Bertz CT molecular complexity index is 701. The van der Waals surface area contributed by atoms with E-state index in [2.05, 4.69) is 20.8 Å². The largest absolute Gasteiger partial charge is 0.339 e. The average Bonchev–Trinajstić information content (AvgIpc) is 2.49. The monoisotopic (exact) mass is 312 g/mol. The molecule has 0 aliphatic carbocycles. The van der Waals surface area contributed by atoms with Crippen LogP contribution in [0.25, 0.3) is 0 Å². The van der Waals surface area contributed by atoms with Crippen molar-refractivity contribution in [3.05, 3.63) is 42.0 Å². The summed E-state index contributed by atoms with van der Waals surface area (Å²) in [6.45, 7) is 7.02. The standard InChI is InChI=1S/C17H20N4O2/c1-11(22)12-5-7-13(8-6-12)18-14-9-10-15(21-20-14)19-16(23)17(2,3)4/h5-10H,1-4H3,(H,18,20)(H,19,21,23). The van der Waals surface area contributed by atoms with Crippen molar-refractivity contribution < 1.29 is 9.59 Å². The minimum atomic E-state index is -0.489. The zero-order valence-electron chi connectivity index (χ0n) is 13.7. The first-order chi connectivity index (χ1) is 10.8. The van der Waals surface area contributed by atoms with Gasteiger partial charge in [0, 0.05) is 16.7 Å². The summed E-state index contributed by atoms with van der Waals surface area (Å²) in [5, 5.41) is 13.8. The van der Waals surface area contributed by atoms with Gasteiger partial charge in [-0.25, -0.2) is 0 Å². The summed E-state index contributed by atoms with van der Waals surface area (Å²) in [4.78, 5) is 23.1. The van der Waals surface area contributed by atoms with Crippen molar-refractivity contribution in [1.29, 1.82) is 0 Å². The Labute approximate surface area is 135 Å². The van der Waals surface area contributed by atoms with Crippen molar-refractivity contribution in [1.82, 2.24) is 10.2 Å². The van der Waals surface area contributed by atoms with E-state index in [1.54, 1.807) is 36.4 Å². The maximum atomic E-state index is 11.9. The SMILES string of the molecule is CC(=O)c1ccc(Nc2ccc(NC(=O)C(C)(C)C)nn2)cc1. The molecule has 0 unspecified atom stereocenters. The topological polar surface area (TPSA) is 84.0 Å². The van der Waals surface area contributed by atoms with Crippen molar-refractivity contribution in [3.8, 4) is 0 Å². The number of hydrogen-bond donors (Lipinski definition) is 2. The highest BCUT2D eigenvalue weighted by molar-refractivity contribution is 5.94. The van der Waals surface area contributed by atoms with Crippen molar-refractivity contribution in [2.75, 3.05) is 10.6 Å². The Kier molecular flexibility index (Phi) is 4.74. The molecule has 0 fully saturated rings. The number of Topliss-reactive ketones (excluding diaryl/α,β-unsaturated/α-hetero) is 1. The van der Waals surface area contributed by atoms with Crippen molar-refractivity contribution >= 4 is 29.0 Å². The van der Waals surface area contributed by atoms with E-state index in [1.165, 1.54) is 6.92 Å². The molecule has 6 nitrogen and oxygen atoms in total. The lowest BCUT2D eigenvalue weighted by atomic mass is 9.96. The quantitative estimate of drug-likeness (QED) is 0.845. The number of anilines is 3. The molecule has 1 heterocycles. The van der Waals surface area contributed by atoms with Gasteiger partial charge in [0.1, 0.15) is 0 Å². The minimum absolute atomic E-state index is 0.0234. The number of nitrogens with zero attached hydrogens (tertiary/aromatic N) is 2. The van der Waals surface area contributed by atoms with Crippen LogP contribution in [-0.2, 0) is 4.79 Å². The lowest BCUT2D eigenvalue weighted by molar-refractivity contribution is -0.123. The third-order valence-corrected chi connectivity index (χ3v) is 3.15. The summed E-state index contributed by atoms with van der Waals surface area (Å²) in [7, 11) is 0. The van der Waals surface area contributed by atoms with E-state index in [0.717, 1.165) is 5.69 Å². The Balaban J connectivity index is 2.02. The zero-order valence-corrected chi connectivity index (χ0v) is 13.7. The van der Waals surface area contributed by atoms with Gasteiger partial charge in [-0.1, -0.05) is 20.8 Å². The number of benzene rings is 1. The molecule has 0 spiro atoms. The molecule has 23 heavy (non-hydrogen) atoms. The third-order valence-electron chi connectivity index (χ3n) is 3.15. The molecule has 1 aromatic heterocycles. The Hall–Kier alpha value is -2.76. The van der Waals surface area contributed by atoms with Crippen molar-refractivity contribution in [2.45, 2.75) is 27.7 Å². The summed E-state index contributed by atoms with van der Waals surface area (Å²) >= 11 is 0. The second-order valence-corrected chi connectivity index (χ2v) is 6.27. The first-order valence-electron chi connectivity index (χ1n) is 7.29. The van der Waals surface area contributed by atoms with Gasteiger partial charge >= 0.3 is 0 Å². The fourth-order valence-corrected chi connectivity index (χ4v) is 1.71. The van der Waals surface area contributed by atoms with Gasteiger partial charge in [0.05, 0.1) is 0 Å².